The van der Waals surface area contributed by atoms with Crippen molar-refractivity contribution in [3.05, 3.63) is 47.5 Å². The Balaban J connectivity index is 2.12. The van der Waals surface area contributed by atoms with Crippen LogP contribution in [0.5, 0.6) is 23.0 Å². The second-order valence-corrected chi connectivity index (χ2v) is 4.91. The molecular formula is C16H14O6. The first-order chi connectivity index (χ1) is 10.5. The average Bonchev–Trinajstić information content (AvgIpc) is 2.51. The van der Waals surface area contributed by atoms with Gasteiger partial charge < -0.3 is 24.8 Å². The van der Waals surface area contributed by atoms with E-state index in [1.807, 2.05) is 0 Å². The number of carbonyl (C=O) groups excluding carboxylic acids is 1. The summed E-state index contributed by atoms with van der Waals surface area (Å²) in [6.07, 6.45) is -2.37. The van der Waals surface area contributed by atoms with Crippen molar-refractivity contribution >= 4 is 5.78 Å². The molecule has 0 spiro atoms. The van der Waals surface area contributed by atoms with Gasteiger partial charge in [0.1, 0.15) is 11.3 Å². The highest BCUT2D eigenvalue weighted by Crippen LogP contribution is 2.48. The van der Waals surface area contributed by atoms with E-state index in [1.165, 1.54) is 13.2 Å². The van der Waals surface area contributed by atoms with Crippen molar-refractivity contribution in [1.29, 1.82) is 0 Å². The summed E-state index contributed by atoms with van der Waals surface area (Å²) in [6, 6.07) is 9.94. The summed E-state index contributed by atoms with van der Waals surface area (Å²) >= 11 is 0. The van der Waals surface area contributed by atoms with Gasteiger partial charge in [0.2, 0.25) is 11.5 Å². The van der Waals surface area contributed by atoms with E-state index in [0.717, 1.165) is 0 Å². The van der Waals surface area contributed by atoms with E-state index >= 15 is 0 Å². The molecule has 0 fully saturated rings. The molecule has 6 heteroatoms. The SMILES string of the molecule is COc1c(O)cc2c(c1O)C(=O)[C@H](O)[C@@H](c1ccccc1)O2. The Kier molecular flexibility index (Phi) is 3.38. The molecule has 3 N–H and O–H groups in total. The molecule has 0 unspecified atom stereocenters. The molecule has 0 saturated heterocycles. The molecule has 0 bridgehead atoms. The molecule has 1 heterocycles. The van der Waals surface area contributed by atoms with E-state index in [0.29, 0.717) is 5.56 Å². The van der Waals surface area contributed by atoms with Crippen LogP contribution < -0.4 is 9.47 Å². The number of hydrogen-bond acceptors (Lipinski definition) is 6. The second kappa shape index (κ2) is 5.23. The minimum Gasteiger partial charge on any atom is -0.504 e. The quantitative estimate of drug-likeness (QED) is 0.782. The summed E-state index contributed by atoms with van der Waals surface area (Å²) in [4.78, 5) is 12.4. The molecule has 114 valence electrons. The summed E-state index contributed by atoms with van der Waals surface area (Å²) < 4.78 is 10.5. The number of rotatable bonds is 2. The number of aromatic hydroxyl groups is 2. The predicted molar refractivity (Wildman–Crippen MR) is 76.5 cm³/mol. The number of carbonyl (C=O) groups is 1. The van der Waals surface area contributed by atoms with Crippen molar-refractivity contribution in [2.24, 2.45) is 0 Å². The molecule has 0 aliphatic carbocycles. The molecule has 2 aromatic carbocycles. The second-order valence-electron chi connectivity index (χ2n) is 4.91. The molecule has 0 radical (unpaired) electrons. The van der Waals surface area contributed by atoms with E-state index < -0.39 is 23.7 Å². The predicted octanol–water partition coefficient (Wildman–Crippen LogP) is 1.78. The highest BCUT2D eigenvalue weighted by molar-refractivity contribution is 6.06. The third kappa shape index (κ3) is 2.05. The van der Waals surface area contributed by atoms with Crippen LogP contribution in [0.25, 0.3) is 0 Å². The lowest BCUT2D eigenvalue weighted by Crippen LogP contribution is -2.36. The first-order valence-corrected chi connectivity index (χ1v) is 6.61. The van der Waals surface area contributed by atoms with Gasteiger partial charge in [-0.15, -0.1) is 0 Å². The highest BCUT2D eigenvalue weighted by Gasteiger charge is 2.40. The van der Waals surface area contributed by atoms with E-state index in [4.69, 9.17) is 9.47 Å². The molecule has 0 aromatic heterocycles. The van der Waals surface area contributed by atoms with Crippen molar-refractivity contribution in [3.63, 3.8) is 0 Å². The average molecular weight is 302 g/mol. The zero-order chi connectivity index (χ0) is 15.9. The maximum Gasteiger partial charge on any atom is 0.203 e. The van der Waals surface area contributed by atoms with Crippen LogP contribution in [0.2, 0.25) is 0 Å². The van der Waals surface area contributed by atoms with Gasteiger partial charge in [-0.05, 0) is 5.56 Å². The summed E-state index contributed by atoms with van der Waals surface area (Å²) in [7, 11) is 1.25. The van der Waals surface area contributed by atoms with Crippen LogP contribution in [0.15, 0.2) is 36.4 Å². The minimum absolute atomic E-state index is 0.0000435. The van der Waals surface area contributed by atoms with Crippen LogP contribution in [0.3, 0.4) is 0 Å². The normalized spacial score (nSPS) is 20.2. The van der Waals surface area contributed by atoms with Gasteiger partial charge in [-0.3, -0.25) is 4.79 Å². The van der Waals surface area contributed by atoms with E-state index in [-0.39, 0.29) is 22.8 Å². The zero-order valence-corrected chi connectivity index (χ0v) is 11.7. The molecule has 0 saturated carbocycles. The van der Waals surface area contributed by atoms with Crippen LogP contribution in [0, 0.1) is 0 Å². The number of aliphatic hydroxyl groups is 1. The standard InChI is InChI=1S/C16H14O6/c1-21-16-9(17)7-10-11(13(16)19)12(18)14(20)15(22-10)8-5-3-2-4-6-8/h2-7,14-15,17,19-20H,1H3/t14-,15+/m0/s1. The number of phenolic OH excluding ortho intramolecular Hbond substituents is 2. The van der Waals surface area contributed by atoms with Crippen molar-refractivity contribution in [3.8, 4) is 23.0 Å². The summed E-state index contributed by atoms with van der Waals surface area (Å²) in [5, 5.41) is 30.1. The molecule has 22 heavy (non-hydrogen) atoms. The molecule has 0 amide bonds. The lowest BCUT2D eigenvalue weighted by Gasteiger charge is -2.30. The van der Waals surface area contributed by atoms with Crippen molar-refractivity contribution < 1.29 is 29.6 Å². The summed E-state index contributed by atoms with van der Waals surface area (Å²) in [5.41, 5.74) is 0.415. The van der Waals surface area contributed by atoms with Gasteiger partial charge >= 0.3 is 0 Å². The van der Waals surface area contributed by atoms with Crippen LogP contribution in [0.1, 0.15) is 22.0 Å². The number of phenols is 2. The number of ketones is 1. The zero-order valence-electron chi connectivity index (χ0n) is 11.7. The number of benzene rings is 2. The van der Waals surface area contributed by atoms with Crippen molar-refractivity contribution in [1.82, 2.24) is 0 Å². The van der Waals surface area contributed by atoms with Gasteiger partial charge in [-0.1, -0.05) is 30.3 Å². The van der Waals surface area contributed by atoms with Crippen LogP contribution in [0.4, 0.5) is 0 Å². The minimum atomic E-state index is -1.46. The third-order valence-electron chi connectivity index (χ3n) is 3.59. The lowest BCUT2D eigenvalue weighted by molar-refractivity contribution is 0.0209. The number of fused-ring (bicyclic) bond motifs is 1. The lowest BCUT2D eigenvalue weighted by atomic mass is 9.92. The maximum absolute atomic E-state index is 12.4. The van der Waals surface area contributed by atoms with Gasteiger partial charge in [0.05, 0.1) is 7.11 Å². The van der Waals surface area contributed by atoms with Gasteiger partial charge in [0.15, 0.2) is 23.7 Å². The van der Waals surface area contributed by atoms with Crippen LogP contribution in [-0.2, 0) is 0 Å². The summed E-state index contributed by atoms with van der Waals surface area (Å²) in [5.74, 6) is -1.82. The number of methoxy groups -OCH3 is 1. The topological polar surface area (TPSA) is 96.2 Å². The van der Waals surface area contributed by atoms with E-state index in [2.05, 4.69) is 0 Å². The Morgan fingerprint density at radius 3 is 2.50 bits per heavy atom. The molecule has 2 aromatic rings. The van der Waals surface area contributed by atoms with Crippen LogP contribution in [-0.4, -0.2) is 34.3 Å². The smallest absolute Gasteiger partial charge is 0.203 e. The Morgan fingerprint density at radius 2 is 1.86 bits per heavy atom. The van der Waals surface area contributed by atoms with Crippen molar-refractivity contribution in [2.75, 3.05) is 7.11 Å². The fourth-order valence-electron chi connectivity index (χ4n) is 2.53. The number of hydrogen-bond donors (Lipinski definition) is 3. The van der Waals surface area contributed by atoms with Gasteiger partial charge in [0, 0.05) is 6.07 Å². The number of ether oxygens (including phenoxy) is 2. The first kappa shape index (κ1) is 14.2. The Labute approximate surface area is 126 Å². The Bertz CT molecular complexity index is 725. The third-order valence-corrected chi connectivity index (χ3v) is 3.59. The Hall–Kier alpha value is -2.73. The number of Topliss-reactive ketones (excluding diaryl/α,β-unsaturated/α-hetero) is 1. The van der Waals surface area contributed by atoms with Gasteiger partial charge in [0.25, 0.3) is 0 Å². The molecule has 3 rings (SSSR count). The molecule has 6 nitrogen and oxygen atoms in total. The van der Waals surface area contributed by atoms with Gasteiger partial charge in [-0.25, -0.2) is 0 Å². The molecular weight excluding hydrogens is 288 g/mol. The molecule has 1 aliphatic heterocycles. The largest absolute Gasteiger partial charge is 0.504 e. The Morgan fingerprint density at radius 1 is 1.18 bits per heavy atom. The molecule has 2 atom stereocenters. The maximum atomic E-state index is 12.4. The van der Waals surface area contributed by atoms with Crippen molar-refractivity contribution in [2.45, 2.75) is 12.2 Å². The fraction of sp³-hybridized carbons (Fsp3) is 0.188. The van der Waals surface area contributed by atoms with Crippen LogP contribution >= 0.6 is 0 Å². The fourth-order valence-corrected chi connectivity index (χ4v) is 2.53. The highest BCUT2D eigenvalue weighted by atomic mass is 16.5. The number of aliphatic hydroxyl groups excluding tert-OH is 1. The summed E-state index contributed by atoms with van der Waals surface area (Å²) in [6.45, 7) is 0. The van der Waals surface area contributed by atoms with E-state index in [9.17, 15) is 20.1 Å². The van der Waals surface area contributed by atoms with E-state index in [1.54, 1.807) is 30.3 Å². The monoisotopic (exact) mass is 302 g/mol. The molecule has 1 aliphatic rings. The van der Waals surface area contributed by atoms with Gasteiger partial charge in [-0.2, -0.15) is 0 Å². The first-order valence-electron chi connectivity index (χ1n) is 6.61.